The first-order chi connectivity index (χ1) is 30.5. The Labute approximate surface area is 363 Å². The van der Waals surface area contributed by atoms with Gasteiger partial charge in [0.2, 0.25) is 0 Å². The van der Waals surface area contributed by atoms with Crippen LogP contribution < -0.4 is 0 Å². The van der Waals surface area contributed by atoms with Crippen molar-refractivity contribution in [1.82, 2.24) is 0 Å². The first-order valence-corrected chi connectivity index (χ1v) is 21.0. The molecule has 4 aliphatic heterocycles. The van der Waals surface area contributed by atoms with E-state index >= 15 is 0 Å². The third-order valence-corrected chi connectivity index (χ3v) is 11.5. The molecule has 0 aromatic heterocycles. The van der Waals surface area contributed by atoms with Gasteiger partial charge in [0.1, 0.15) is 85.5 Å². The summed E-state index contributed by atoms with van der Waals surface area (Å²) in [5.74, 6) is 0. The van der Waals surface area contributed by atoms with Crippen molar-refractivity contribution >= 4 is 0 Å². The summed E-state index contributed by atoms with van der Waals surface area (Å²) in [6, 6.07) is 27.0. The highest BCUT2D eigenvalue weighted by Gasteiger charge is 2.56. The topological polar surface area (TPSA) is 274 Å². The average Bonchev–Trinajstić information content (AvgIpc) is 3.30. The van der Waals surface area contributed by atoms with Gasteiger partial charge in [-0.05, 0) is 23.6 Å². The van der Waals surface area contributed by atoms with Crippen molar-refractivity contribution in [2.75, 3.05) is 19.8 Å². The normalized spacial score (nSPS) is 39.8. The largest absolute Gasteiger partial charge is 0.394 e. The van der Waals surface area contributed by atoms with Crippen LogP contribution in [0.25, 0.3) is 0 Å². The summed E-state index contributed by atoms with van der Waals surface area (Å²) in [6.45, 7) is -0.571. The van der Waals surface area contributed by atoms with Crippen molar-refractivity contribution in [2.24, 2.45) is 0 Å². The number of hydrogen-bond acceptors (Lipinski definition) is 19. The van der Waals surface area contributed by atoms with Gasteiger partial charge < -0.3 is 93.3 Å². The molecular formula is C44H58O19. The quantitative estimate of drug-likeness (QED) is 0.0753. The van der Waals surface area contributed by atoms with Crippen LogP contribution in [0.3, 0.4) is 0 Å². The lowest BCUT2D eigenvalue weighted by molar-refractivity contribution is -0.400. The monoisotopic (exact) mass is 890 g/mol. The van der Waals surface area contributed by atoms with Gasteiger partial charge in [-0.1, -0.05) is 91.0 Å². The second kappa shape index (κ2) is 22.4. The predicted molar refractivity (Wildman–Crippen MR) is 214 cm³/mol. The molecule has 4 heterocycles. The van der Waals surface area contributed by atoms with Crippen LogP contribution in [0, 0.1) is 0 Å². The summed E-state index contributed by atoms with van der Waals surface area (Å²) in [6.07, 6.45) is -28.8. The van der Waals surface area contributed by atoms with Gasteiger partial charge >= 0.3 is 0 Å². The van der Waals surface area contributed by atoms with Gasteiger partial charge in [-0.3, -0.25) is 0 Å². The standard InChI is InChI=1S/C44H58O19/c1-23-30(48)33(51)39(55-20-25-13-7-3-8-14-25)43(58-23)62-37-35(53)41(56-21-26-15-9-4-10-16-26)60-29(18-46)36(37)61-44-40(34(52)32(50)28(17-45)59-44)63-42-38(31(49)27(47)22-57-42)54-19-24-11-5-2-6-12-24/h2-16,23,27-53H,17-22H2,1H3/t23?,27-,28?,29?,30-,31?,32+,33?,34?,35?,36-,37?,38?,39?,40?,41-,42+,43+,44+/m1/s1. The van der Waals surface area contributed by atoms with Crippen LogP contribution in [0.5, 0.6) is 0 Å². The zero-order chi connectivity index (χ0) is 44.6. The molecule has 0 spiro atoms. The second-order valence-corrected chi connectivity index (χ2v) is 16.0. The lowest BCUT2D eigenvalue weighted by Gasteiger charge is -2.50. The third-order valence-electron chi connectivity index (χ3n) is 11.5. The second-order valence-electron chi connectivity index (χ2n) is 16.0. The van der Waals surface area contributed by atoms with E-state index in [0.29, 0.717) is 0 Å². The van der Waals surface area contributed by atoms with Gasteiger partial charge in [-0.2, -0.15) is 0 Å². The molecule has 3 aromatic rings. The molecule has 19 heteroatoms. The highest BCUT2D eigenvalue weighted by atomic mass is 16.8. The molecule has 19 atom stereocenters. The van der Waals surface area contributed by atoms with Crippen molar-refractivity contribution in [3.05, 3.63) is 108 Å². The van der Waals surface area contributed by atoms with Crippen LogP contribution in [0.15, 0.2) is 91.0 Å². The summed E-state index contributed by atoms with van der Waals surface area (Å²) < 4.78 is 61.1. The van der Waals surface area contributed by atoms with Crippen LogP contribution in [-0.4, -0.2) is 182 Å². The Hall–Kier alpha value is -3.10. The molecule has 19 nitrogen and oxygen atoms in total. The summed E-state index contributed by atoms with van der Waals surface area (Å²) in [4.78, 5) is 0. The van der Waals surface area contributed by atoms with Gasteiger partial charge in [-0.25, -0.2) is 0 Å². The number of ether oxygens (including phenoxy) is 10. The smallest absolute Gasteiger partial charge is 0.187 e. The molecule has 0 bridgehead atoms. The molecule has 0 saturated carbocycles. The number of rotatable bonds is 17. The summed E-state index contributed by atoms with van der Waals surface area (Å²) in [5.41, 5.74) is 2.18. The Morgan fingerprint density at radius 3 is 1.46 bits per heavy atom. The molecule has 9 N–H and O–H groups in total. The van der Waals surface area contributed by atoms with Crippen LogP contribution in [0.2, 0.25) is 0 Å². The molecule has 0 radical (unpaired) electrons. The predicted octanol–water partition coefficient (Wildman–Crippen LogP) is -1.41. The lowest BCUT2D eigenvalue weighted by atomic mass is 9.95. The number of aliphatic hydroxyl groups excluding tert-OH is 9. The molecule has 63 heavy (non-hydrogen) atoms. The molecule has 0 aliphatic carbocycles. The lowest BCUT2D eigenvalue weighted by Crippen LogP contribution is -2.68. The van der Waals surface area contributed by atoms with Crippen LogP contribution in [-0.2, 0) is 67.2 Å². The molecule has 11 unspecified atom stereocenters. The van der Waals surface area contributed by atoms with Crippen molar-refractivity contribution in [3.63, 3.8) is 0 Å². The summed E-state index contributed by atoms with van der Waals surface area (Å²) in [7, 11) is 0. The van der Waals surface area contributed by atoms with Crippen molar-refractivity contribution in [1.29, 1.82) is 0 Å². The van der Waals surface area contributed by atoms with E-state index in [1.165, 1.54) is 6.92 Å². The van der Waals surface area contributed by atoms with E-state index in [-0.39, 0.29) is 19.8 Å². The Morgan fingerprint density at radius 2 is 0.905 bits per heavy atom. The highest BCUT2D eigenvalue weighted by molar-refractivity contribution is 5.15. The van der Waals surface area contributed by atoms with E-state index in [0.717, 1.165) is 16.7 Å². The number of hydrogen-bond donors (Lipinski definition) is 9. The molecule has 4 aliphatic rings. The SMILES string of the molecule is CC1O[C@@H](OC2C(O)[C@H](OCc3ccccc3)OC(CO)[C@H]2O[C@@H]2OC(CO)[C@H](O)C(O)C2O[C@@H]2OC[C@@H](O)C(O)C2OCc2ccccc2)C(OCc2ccccc2)C(O)[C@@H]1O. The molecule has 0 amide bonds. The van der Waals surface area contributed by atoms with E-state index < -0.39 is 137 Å². The highest BCUT2D eigenvalue weighted by Crippen LogP contribution is 2.36. The average molecular weight is 891 g/mol. The van der Waals surface area contributed by atoms with E-state index in [4.69, 9.17) is 47.4 Å². The first-order valence-electron chi connectivity index (χ1n) is 21.0. The van der Waals surface area contributed by atoms with E-state index in [1.807, 2.05) is 18.2 Å². The first kappa shape index (κ1) is 47.9. The Kier molecular flexibility index (Phi) is 17.0. The minimum atomic E-state index is -1.86. The van der Waals surface area contributed by atoms with Crippen molar-refractivity contribution in [3.8, 4) is 0 Å². The fourth-order valence-electron chi connectivity index (χ4n) is 7.91. The van der Waals surface area contributed by atoms with Crippen LogP contribution in [0.1, 0.15) is 23.6 Å². The maximum Gasteiger partial charge on any atom is 0.187 e. The van der Waals surface area contributed by atoms with E-state index in [2.05, 4.69) is 0 Å². The molecular weight excluding hydrogens is 832 g/mol. The minimum Gasteiger partial charge on any atom is -0.394 e. The van der Waals surface area contributed by atoms with Crippen molar-refractivity contribution < 1.29 is 93.3 Å². The fraction of sp³-hybridized carbons (Fsp3) is 0.591. The maximum atomic E-state index is 12.1. The van der Waals surface area contributed by atoms with Crippen LogP contribution >= 0.6 is 0 Å². The zero-order valence-corrected chi connectivity index (χ0v) is 34.5. The third kappa shape index (κ3) is 11.5. The van der Waals surface area contributed by atoms with E-state index in [1.54, 1.807) is 72.8 Å². The number of benzene rings is 3. The Morgan fingerprint density at radius 1 is 0.444 bits per heavy atom. The molecule has 4 fully saturated rings. The van der Waals surface area contributed by atoms with Gasteiger partial charge in [0.15, 0.2) is 25.2 Å². The molecule has 4 saturated heterocycles. The van der Waals surface area contributed by atoms with E-state index in [9.17, 15) is 46.0 Å². The minimum absolute atomic E-state index is 0.0338. The maximum absolute atomic E-state index is 12.1. The number of aliphatic hydroxyl groups is 9. The van der Waals surface area contributed by atoms with Gasteiger partial charge in [0.25, 0.3) is 0 Å². The molecule has 348 valence electrons. The Balaban J connectivity index is 1.18. The summed E-state index contributed by atoms with van der Waals surface area (Å²) in [5, 5.41) is 99.4. The Bertz CT molecular complexity index is 1780. The zero-order valence-electron chi connectivity index (χ0n) is 34.5. The fourth-order valence-corrected chi connectivity index (χ4v) is 7.91. The van der Waals surface area contributed by atoms with Crippen molar-refractivity contribution in [2.45, 2.75) is 143 Å². The summed E-state index contributed by atoms with van der Waals surface area (Å²) >= 11 is 0. The molecule has 7 rings (SSSR count). The van der Waals surface area contributed by atoms with Gasteiger partial charge in [0, 0.05) is 0 Å². The van der Waals surface area contributed by atoms with Gasteiger partial charge in [0.05, 0.1) is 45.7 Å². The van der Waals surface area contributed by atoms with Crippen LogP contribution in [0.4, 0.5) is 0 Å². The molecule has 3 aromatic carbocycles. The van der Waals surface area contributed by atoms with Gasteiger partial charge in [-0.15, -0.1) is 0 Å².